The maximum Gasteiger partial charge on any atom is 0.167 e. The van der Waals surface area contributed by atoms with Crippen molar-refractivity contribution < 1.29 is 4.79 Å². The molecule has 0 aliphatic carbocycles. The molecule has 2 aromatic rings. The van der Waals surface area contributed by atoms with Crippen molar-refractivity contribution in [3.8, 4) is 0 Å². The minimum atomic E-state index is -0.0106. The van der Waals surface area contributed by atoms with E-state index in [1.807, 2.05) is 13.8 Å². The molecule has 0 spiro atoms. The van der Waals surface area contributed by atoms with Gasteiger partial charge in [-0.15, -0.1) is 0 Å². The van der Waals surface area contributed by atoms with E-state index in [4.69, 9.17) is 23.2 Å². The Kier molecular flexibility index (Phi) is 4.23. The van der Waals surface area contributed by atoms with Gasteiger partial charge in [-0.3, -0.25) is 9.78 Å². The van der Waals surface area contributed by atoms with E-state index in [0.717, 1.165) is 11.4 Å². The third-order valence-corrected chi connectivity index (χ3v) is 3.51. The number of Topliss-reactive ketones (excluding diaryl/α,β-unsaturated/α-hetero) is 1. The van der Waals surface area contributed by atoms with Gasteiger partial charge >= 0.3 is 0 Å². The summed E-state index contributed by atoms with van der Waals surface area (Å²) in [6.45, 7) is 3.73. The topological polar surface area (TPSA) is 30.0 Å². The number of nitrogens with zero attached hydrogens (tertiary/aromatic N) is 1. The lowest BCUT2D eigenvalue weighted by molar-refractivity contribution is 0.0992. The Bertz CT molecular complexity index is 598. The second-order valence-corrected chi connectivity index (χ2v) is 5.25. The van der Waals surface area contributed by atoms with E-state index in [-0.39, 0.29) is 12.2 Å². The summed E-state index contributed by atoms with van der Waals surface area (Å²) in [4.78, 5) is 16.5. The molecular weight excluding hydrogens is 281 g/mol. The summed E-state index contributed by atoms with van der Waals surface area (Å²) in [6, 6.07) is 8.79. The molecule has 0 N–H and O–H groups in total. The summed E-state index contributed by atoms with van der Waals surface area (Å²) in [7, 11) is 0. The SMILES string of the molecule is Cc1cc(C(=O)Cc2c(Cl)cccc2Cl)cc(C)n1. The van der Waals surface area contributed by atoms with Crippen molar-refractivity contribution in [1.82, 2.24) is 4.98 Å². The summed E-state index contributed by atoms with van der Waals surface area (Å²) >= 11 is 12.1. The van der Waals surface area contributed by atoms with Gasteiger partial charge in [-0.1, -0.05) is 29.3 Å². The fourth-order valence-electron chi connectivity index (χ4n) is 1.96. The largest absolute Gasteiger partial charge is 0.294 e. The molecule has 0 fully saturated rings. The highest BCUT2D eigenvalue weighted by Gasteiger charge is 2.13. The Labute approximate surface area is 122 Å². The highest BCUT2D eigenvalue weighted by Crippen LogP contribution is 2.25. The van der Waals surface area contributed by atoms with Gasteiger partial charge in [-0.25, -0.2) is 0 Å². The van der Waals surface area contributed by atoms with Gasteiger partial charge in [0, 0.05) is 33.4 Å². The first kappa shape index (κ1) is 14.0. The predicted molar refractivity (Wildman–Crippen MR) is 78.2 cm³/mol. The molecule has 1 aromatic heterocycles. The van der Waals surface area contributed by atoms with Crippen molar-refractivity contribution in [1.29, 1.82) is 0 Å². The van der Waals surface area contributed by atoms with Gasteiger partial charge in [0.2, 0.25) is 0 Å². The second kappa shape index (κ2) is 5.72. The molecule has 2 rings (SSSR count). The average molecular weight is 294 g/mol. The minimum absolute atomic E-state index is 0.0106. The zero-order valence-electron chi connectivity index (χ0n) is 10.7. The van der Waals surface area contributed by atoms with Crippen LogP contribution in [0, 0.1) is 13.8 Å². The number of rotatable bonds is 3. The molecule has 0 saturated heterocycles. The van der Waals surface area contributed by atoms with Crippen LogP contribution in [0.1, 0.15) is 27.3 Å². The molecule has 0 radical (unpaired) electrons. The number of carbonyl (C=O) groups excluding carboxylic acids is 1. The molecule has 19 heavy (non-hydrogen) atoms. The number of aryl methyl sites for hydroxylation is 2. The third-order valence-electron chi connectivity index (χ3n) is 2.80. The first-order chi connectivity index (χ1) is 8.97. The lowest BCUT2D eigenvalue weighted by atomic mass is 10.0. The molecular formula is C15H13Cl2NO. The van der Waals surface area contributed by atoms with Gasteiger partial charge < -0.3 is 0 Å². The van der Waals surface area contributed by atoms with E-state index in [1.54, 1.807) is 30.3 Å². The minimum Gasteiger partial charge on any atom is -0.294 e. The Morgan fingerprint density at radius 2 is 1.63 bits per heavy atom. The molecule has 0 amide bonds. The lowest BCUT2D eigenvalue weighted by Gasteiger charge is -2.07. The summed E-state index contributed by atoms with van der Waals surface area (Å²) < 4.78 is 0. The fourth-order valence-corrected chi connectivity index (χ4v) is 2.49. The van der Waals surface area contributed by atoms with Crippen LogP contribution >= 0.6 is 23.2 Å². The van der Waals surface area contributed by atoms with Crippen LogP contribution in [0.5, 0.6) is 0 Å². The number of carbonyl (C=O) groups is 1. The standard InChI is InChI=1S/C15H13Cl2NO/c1-9-6-11(7-10(2)18-9)15(19)8-12-13(16)4-3-5-14(12)17/h3-7H,8H2,1-2H3. The van der Waals surface area contributed by atoms with Crippen molar-refractivity contribution in [2.45, 2.75) is 20.3 Å². The summed E-state index contributed by atoms with van der Waals surface area (Å²) in [5.74, 6) is -0.0106. The molecule has 0 aliphatic heterocycles. The zero-order chi connectivity index (χ0) is 14.0. The van der Waals surface area contributed by atoms with Gasteiger partial charge in [0.15, 0.2) is 5.78 Å². The van der Waals surface area contributed by atoms with Gasteiger partial charge in [0.25, 0.3) is 0 Å². The number of ketones is 1. The molecule has 0 atom stereocenters. The first-order valence-electron chi connectivity index (χ1n) is 5.89. The lowest BCUT2D eigenvalue weighted by Crippen LogP contribution is -2.06. The van der Waals surface area contributed by atoms with Crippen molar-refractivity contribution >= 4 is 29.0 Å². The van der Waals surface area contributed by atoms with Crippen molar-refractivity contribution in [2.75, 3.05) is 0 Å². The average Bonchev–Trinajstić information content (AvgIpc) is 2.32. The van der Waals surface area contributed by atoms with Crippen molar-refractivity contribution in [3.05, 3.63) is 62.9 Å². The molecule has 4 heteroatoms. The van der Waals surface area contributed by atoms with E-state index in [2.05, 4.69) is 4.98 Å². The highest BCUT2D eigenvalue weighted by molar-refractivity contribution is 6.36. The Morgan fingerprint density at radius 1 is 1.11 bits per heavy atom. The van der Waals surface area contributed by atoms with Gasteiger partial charge in [-0.05, 0) is 43.7 Å². The summed E-state index contributed by atoms with van der Waals surface area (Å²) in [5, 5.41) is 1.03. The fraction of sp³-hybridized carbons (Fsp3) is 0.200. The van der Waals surface area contributed by atoms with Crippen LogP contribution < -0.4 is 0 Å². The van der Waals surface area contributed by atoms with Crippen molar-refractivity contribution in [2.24, 2.45) is 0 Å². The monoisotopic (exact) mass is 293 g/mol. The maximum atomic E-state index is 12.3. The van der Waals surface area contributed by atoms with Crippen LogP contribution in [0.2, 0.25) is 10.0 Å². The quantitative estimate of drug-likeness (QED) is 0.784. The maximum absolute atomic E-state index is 12.3. The van der Waals surface area contributed by atoms with E-state index in [0.29, 0.717) is 21.2 Å². The molecule has 0 saturated carbocycles. The van der Waals surface area contributed by atoms with Crippen molar-refractivity contribution in [3.63, 3.8) is 0 Å². The molecule has 0 unspecified atom stereocenters. The van der Waals surface area contributed by atoms with E-state index < -0.39 is 0 Å². The molecule has 1 heterocycles. The number of halogens is 2. The highest BCUT2D eigenvalue weighted by atomic mass is 35.5. The Morgan fingerprint density at radius 3 is 2.16 bits per heavy atom. The number of aromatic nitrogens is 1. The normalized spacial score (nSPS) is 10.5. The molecule has 0 aliphatic rings. The Hall–Kier alpha value is -1.38. The summed E-state index contributed by atoms with van der Waals surface area (Å²) in [5.41, 5.74) is 2.96. The van der Waals surface area contributed by atoms with Crippen LogP contribution in [0.25, 0.3) is 0 Å². The summed E-state index contributed by atoms with van der Waals surface area (Å²) in [6.07, 6.45) is 0.196. The van der Waals surface area contributed by atoms with Crippen LogP contribution in [0.4, 0.5) is 0 Å². The number of hydrogen-bond acceptors (Lipinski definition) is 2. The van der Waals surface area contributed by atoms with Crippen LogP contribution in [-0.2, 0) is 6.42 Å². The van der Waals surface area contributed by atoms with Crippen LogP contribution in [-0.4, -0.2) is 10.8 Å². The zero-order valence-corrected chi connectivity index (χ0v) is 12.2. The van der Waals surface area contributed by atoms with E-state index in [1.165, 1.54) is 0 Å². The molecule has 98 valence electrons. The third kappa shape index (κ3) is 3.34. The molecule has 0 bridgehead atoms. The number of pyridine rings is 1. The second-order valence-electron chi connectivity index (χ2n) is 4.44. The number of benzene rings is 1. The smallest absolute Gasteiger partial charge is 0.167 e. The first-order valence-corrected chi connectivity index (χ1v) is 6.64. The molecule has 1 aromatic carbocycles. The Balaban J connectivity index is 2.31. The van der Waals surface area contributed by atoms with E-state index in [9.17, 15) is 4.79 Å². The van der Waals surface area contributed by atoms with Crippen LogP contribution in [0.3, 0.4) is 0 Å². The van der Waals surface area contributed by atoms with Crippen LogP contribution in [0.15, 0.2) is 30.3 Å². The predicted octanol–water partition coefficient (Wildman–Crippen LogP) is 4.43. The van der Waals surface area contributed by atoms with Gasteiger partial charge in [-0.2, -0.15) is 0 Å². The van der Waals surface area contributed by atoms with Gasteiger partial charge in [0.05, 0.1) is 0 Å². The molecule has 2 nitrogen and oxygen atoms in total. The number of hydrogen-bond donors (Lipinski definition) is 0. The van der Waals surface area contributed by atoms with E-state index >= 15 is 0 Å². The van der Waals surface area contributed by atoms with Gasteiger partial charge in [0.1, 0.15) is 0 Å².